The number of nitrogens with zero attached hydrogens (tertiary/aromatic N) is 2. The van der Waals surface area contributed by atoms with E-state index < -0.39 is 12.7 Å². The Morgan fingerprint density at radius 3 is 2.40 bits per heavy atom. The van der Waals surface area contributed by atoms with E-state index in [0.29, 0.717) is 30.1 Å². The number of rotatable bonds is 4. The van der Waals surface area contributed by atoms with Crippen LogP contribution in [0.4, 0.5) is 14.5 Å². The third kappa shape index (κ3) is 4.22. The Balaban J connectivity index is 1.57. The fourth-order valence-corrected chi connectivity index (χ4v) is 3.81. The number of hydrogen-bond donors (Lipinski definition) is 0. The molecule has 6 nitrogen and oxygen atoms in total. The van der Waals surface area contributed by atoms with E-state index in [2.05, 4.69) is 4.74 Å². The second kappa shape index (κ2) is 8.69. The molecule has 1 atom stereocenters. The van der Waals surface area contributed by atoms with E-state index in [0.717, 1.165) is 19.3 Å². The lowest BCUT2D eigenvalue weighted by molar-refractivity contribution is -0.139. The average Bonchev–Trinajstić information content (AvgIpc) is 2.78. The minimum Gasteiger partial charge on any atom is -0.476 e. The molecular formula is C22H22F2N2O4. The van der Waals surface area contributed by atoms with Crippen LogP contribution in [0.5, 0.6) is 11.5 Å². The molecule has 0 radical (unpaired) electrons. The molecule has 0 aromatic heterocycles. The number of hydrogen-bond acceptors (Lipinski definition) is 4. The van der Waals surface area contributed by atoms with E-state index in [1.165, 1.54) is 29.2 Å². The third-order valence-corrected chi connectivity index (χ3v) is 5.29. The van der Waals surface area contributed by atoms with Crippen LogP contribution in [0.15, 0.2) is 48.5 Å². The van der Waals surface area contributed by atoms with E-state index in [1.54, 1.807) is 29.2 Å². The van der Waals surface area contributed by atoms with Crippen LogP contribution >= 0.6 is 0 Å². The zero-order valence-corrected chi connectivity index (χ0v) is 16.3. The lowest BCUT2D eigenvalue weighted by atomic mass is 10.1. The Kier molecular flexibility index (Phi) is 5.83. The van der Waals surface area contributed by atoms with Gasteiger partial charge in [-0.3, -0.25) is 9.59 Å². The van der Waals surface area contributed by atoms with E-state index in [-0.39, 0.29) is 24.1 Å². The first-order valence-electron chi connectivity index (χ1n) is 9.94. The molecule has 1 saturated heterocycles. The van der Waals surface area contributed by atoms with Crippen molar-refractivity contribution in [3.05, 3.63) is 54.1 Å². The summed E-state index contributed by atoms with van der Waals surface area (Å²) in [6.45, 7) is -1.46. The molecule has 4 rings (SSSR count). The summed E-state index contributed by atoms with van der Waals surface area (Å²) in [5, 5.41) is 0. The van der Waals surface area contributed by atoms with Crippen molar-refractivity contribution in [2.45, 2.75) is 32.0 Å². The van der Waals surface area contributed by atoms with E-state index in [1.807, 2.05) is 0 Å². The van der Waals surface area contributed by atoms with Gasteiger partial charge in [0.15, 0.2) is 6.10 Å². The van der Waals surface area contributed by atoms with E-state index in [9.17, 15) is 18.4 Å². The van der Waals surface area contributed by atoms with Crippen molar-refractivity contribution in [2.75, 3.05) is 24.5 Å². The second-order valence-electron chi connectivity index (χ2n) is 7.28. The van der Waals surface area contributed by atoms with Gasteiger partial charge in [0.1, 0.15) is 11.5 Å². The van der Waals surface area contributed by atoms with Gasteiger partial charge in [-0.1, -0.05) is 12.1 Å². The Bertz CT molecular complexity index is 914. The molecule has 1 fully saturated rings. The fraction of sp³-hybridized carbons (Fsp3) is 0.364. The number of carbonyl (C=O) groups excluding carboxylic acids is 2. The highest BCUT2D eigenvalue weighted by atomic mass is 19.3. The maximum atomic E-state index is 13.2. The zero-order valence-electron chi connectivity index (χ0n) is 16.3. The molecular weight excluding hydrogens is 394 g/mol. The van der Waals surface area contributed by atoms with Crippen LogP contribution in [-0.4, -0.2) is 49.1 Å². The highest BCUT2D eigenvalue weighted by Gasteiger charge is 2.36. The van der Waals surface area contributed by atoms with Crippen LogP contribution in [0, 0.1) is 0 Å². The lowest BCUT2D eigenvalue weighted by Crippen LogP contribution is -2.52. The molecule has 158 valence electrons. The molecule has 8 heteroatoms. The van der Waals surface area contributed by atoms with E-state index >= 15 is 0 Å². The first-order chi connectivity index (χ1) is 14.5. The quantitative estimate of drug-likeness (QED) is 0.763. The smallest absolute Gasteiger partial charge is 0.387 e. The minimum atomic E-state index is -2.93. The van der Waals surface area contributed by atoms with Gasteiger partial charge in [-0.05, 0) is 55.7 Å². The minimum absolute atomic E-state index is 0.0259. The van der Waals surface area contributed by atoms with Crippen molar-refractivity contribution in [3.63, 3.8) is 0 Å². The van der Waals surface area contributed by atoms with Crippen molar-refractivity contribution in [1.82, 2.24) is 4.90 Å². The molecule has 2 aromatic carbocycles. The first-order valence-corrected chi connectivity index (χ1v) is 9.94. The molecule has 2 aliphatic heterocycles. The summed E-state index contributed by atoms with van der Waals surface area (Å²) >= 11 is 0. The van der Waals surface area contributed by atoms with Crippen LogP contribution in [-0.2, 0) is 4.79 Å². The zero-order chi connectivity index (χ0) is 21.1. The Hall–Kier alpha value is -3.16. The summed E-state index contributed by atoms with van der Waals surface area (Å²) in [4.78, 5) is 29.5. The number of halogens is 2. The summed E-state index contributed by atoms with van der Waals surface area (Å²) in [5.41, 5.74) is 0.871. The molecule has 0 saturated carbocycles. The van der Waals surface area contributed by atoms with Gasteiger partial charge < -0.3 is 19.3 Å². The van der Waals surface area contributed by atoms with Crippen molar-refractivity contribution in [1.29, 1.82) is 0 Å². The maximum Gasteiger partial charge on any atom is 0.387 e. The lowest BCUT2D eigenvalue weighted by Gasteiger charge is -2.37. The molecule has 2 heterocycles. The van der Waals surface area contributed by atoms with E-state index in [4.69, 9.17) is 4.74 Å². The number of ether oxygens (including phenoxy) is 2. The van der Waals surface area contributed by atoms with Crippen LogP contribution in [0.3, 0.4) is 0 Å². The predicted octanol–water partition coefficient (Wildman–Crippen LogP) is 3.71. The third-order valence-electron chi connectivity index (χ3n) is 5.29. The summed E-state index contributed by atoms with van der Waals surface area (Å²) in [6.07, 6.45) is 2.24. The molecule has 30 heavy (non-hydrogen) atoms. The average molecular weight is 416 g/mol. The van der Waals surface area contributed by atoms with Crippen molar-refractivity contribution in [2.24, 2.45) is 0 Å². The molecule has 2 aliphatic rings. The molecule has 2 aromatic rings. The summed E-state index contributed by atoms with van der Waals surface area (Å²) in [7, 11) is 0. The van der Waals surface area contributed by atoms with Gasteiger partial charge in [0.05, 0.1) is 12.2 Å². The number of alkyl halides is 2. The second-order valence-corrected chi connectivity index (χ2v) is 7.28. The van der Waals surface area contributed by atoms with Gasteiger partial charge in [0.25, 0.3) is 11.8 Å². The van der Waals surface area contributed by atoms with Crippen LogP contribution in [0.2, 0.25) is 0 Å². The summed E-state index contributed by atoms with van der Waals surface area (Å²) in [6, 6.07) is 12.6. The Morgan fingerprint density at radius 1 is 1.00 bits per heavy atom. The normalized spacial score (nSPS) is 18.6. The SMILES string of the molecule is O=C([C@@H]1CN(C(=O)c2ccc(OC(F)F)cc2)c2ccccc2O1)N1CCCCC1. The van der Waals surface area contributed by atoms with Gasteiger partial charge in [0.2, 0.25) is 0 Å². The number of fused-ring (bicyclic) bond motifs is 1. The molecule has 0 bridgehead atoms. The van der Waals surface area contributed by atoms with Crippen molar-refractivity contribution >= 4 is 17.5 Å². The number of likely N-dealkylation sites (tertiary alicyclic amines) is 1. The topological polar surface area (TPSA) is 59.1 Å². The van der Waals surface area contributed by atoms with Gasteiger partial charge >= 0.3 is 6.61 Å². The first kappa shape index (κ1) is 20.1. The number of benzene rings is 2. The van der Waals surface area contributed by atoms with Crippen LogP contribution < -0.4 is 14.4 Å². The molecule has 0 aliphatic carbocycles. The van der Waals surface area contributed by atoms with Crippen LogP contribution in [0.25, 0.3) is 0 Å². The molecule has 0 N–H and O–H groups in total. The van der Waals surface area contributed by atoms with Crippen LogP contribution in [0.1, 0.15) is 29.6 Å². The van der Waals surface area contributed by atoms with Gasteiger partial charge in [0, 0.05) is 18.7 Å². The number of anilines is 1. The summed E-state index contributed by atoms with van der Waals surface area (Å²) < 4.78 is 35.0. The Morgan fingerprint density at radius 2 is 1.70 bits per heavy atom. The maximum absolute atomic E-state index is 13.2. The monoisotopic (exact) mass is 416 g/mol. The Labute approximate surface area is 173 Å². The highest BCUT2D eigenvalue weighted by Crippen LogP contribution is 2.35. The number of piperidine rings is 1. The van der Waals surface area contributed by atoms with Gasteiger partial charge in [-0.2, -0.15) is 8.78 Å². The van der Waals surface area contributed by atoms with Gasteiger partial charge in [-0.15, -0.1) is 0 Å². The highest BCUT2D eigenvalue weighted by molar-refractivity contribution is 6.08. The molecule has 0 unspecified atom stereocenters. The molecule has 2 amide bonds. The number of carbonyl (C=O) groups is 2. The van der Waals surface area contributed by atoms with Crippen molar-refractivity contribution in [3.8, 4) is 11.5 Å². The summed E-state index contributed by atoms with van der Waals surface area (Å²) in [5.74, 6) is -0.0272. The number of amides is 2. The van der Waals surface area contributed by atoms with Crippen molar-refractivity contribution < 1.29 is 27.8 Å². The standard InChI is InChI=1S/C22H22F2N2O4/c23-22(24)29-16-10-8-15(9-11-16)20(27)26-14-19(21(28)25-12-4-1-5-13-25)30-18-7-3-2-6-17(18)26/h2-3,6-11,19,22H,1,4-5,12-14H2/t19-/m0/s1. The van der Waals surface area contributed by atoms with Gasteiger partial charge in [-0.25, -0.2) is 0 Å². The molecule has 0 spiro atoms. The number of para-hydroxylation sites is 2. The fourth-order valence-electron chi connectivity index (χ4n) is 3.81. The predicted molar refractivity (Wildman–Crippen MR) is 106 cm³/mol. The largest absolute Gasteiger partial charge is 0.476 e.